The van der Waals surface area contributed by atoms with Crippen molar-refractivity contribution in [2.24, 2.45) is 0 Å². The van der Waals surface area contributed by atoms with Crippen molar-refractivity contribution in [2.45, 2.75) is 0 Å². The van der Waals surface area contributed by atoms with Crippen LogP contribution in [0.3, 0.4) is 0 Å². The van der Waals surface area contributed by atoms with Gasteiger partial charge in [-0.2, -0.15) is 0 Å². The topological polar surface area (TPSA) is 229 Å². The average Bonchev–Trinajstić information content (AvgIpc) is 1.76. The monoisotopic (exact) mass is 964 g/mol. The molecule has 96 valence electrons. The molecule has 0 amide bonds. The molecule has 0 heterocycles. The summed E-state index contributed by atoms with van der Waals surface area (Å²) >= 11 is -17.4. The van der Waals surface area contributed by atoms with Crippen LogP contribution in [0.2, 0.25) is 0 Å². The van der Waals surface area contributed by atoms with Crippen molar-refractivity contribution < 1.29 is 137 Å². The summed E-state index contributed by atoms with van der Waals surface area (Å²) in [5, 5.41) is 0. The molecule has 0 unspecified atom stereocenters. The summed E-state index contributed by atoms with van der Waals surface area (Å²) in [5.41, 5.74) is 0. The third-order valence-electron chi connectivity index (χ3n) is 0. The predicted molar refractivity (Wildman–Crippen MR) is 5.49 cm³/mol. The van der Waals surface area contributed by atoms with Crippen LogP contribution in [0.1, 0.15) is 0 Å². The van der Waals surface area contributed by atoms with Crippen LogP contribution in [0, 0.1) is 0 Å². The summed E-state index contributed by atoms with van der Waals surface area (Å²) in [7, 11) is 0. The molecule has 0 aliphatic carbocycles. The second-order valence-electron chi connectivity index (χ2n) is 0.894. The maximum Gasteiger partial charge on any atom is 4.00 e. The molecule has 0 aliphatic rings. The Morgan fingerprint density at radius 2 is 0.412 bits per heavy atom. The molecule has 0 aromatic rings. The van der Waals surface area contributed by atoms with Gasteiger partial charge in [0.25, 0.3) is 0 Å². The molecule has 17 heavy (non-hydrogen) atoms. The molecular weight excluding hydrogens is 964 g/mol. The smallest absolute Gasteiger partial charge is 4.00 e. The van der Waals surface area contributed by atoms with Crippen LogP contribution in [0.15, 0.2) is 0 Å². The van der Waals surface area contributed by atoms with Gasteiger partial charge in [-0.1, -0.05) is 0 Å². The van der Waals surface area contributed by atoms with E-state index in [0.29, 0.717) is 0 Å². The Morgan fingerprint density at radius 3 is 0.412 bits per heavy atom. The quantitative estimate of drug-likeness (QED) is 0.207. The third-order valence-corrected chi connectivity index (χ3v) is 0. The van der Waals surface area contributed by atoms with Gasteiger partial charge in [0.05, 0.1) is 0 Å². The summed E-state index contributed by atoms with van der Waals surface area (Å²) in [4.78, 5) is 0. The fraction of sp³-hybridized carbons (Fsp3) is 0. The number of hydrogen-bond donors (Lipinski definition) is 0. The second kappa shape index (κ2) is 26.5. The molecule has 0 aliphatic heterocycles. The first-order valence-corrected chi connectivity index (χ1v) is 17.9. The first kappa shape index (κ1) is 31.4. The molecule has 0 N–H and O–H groups in total. The summed E-state index contributed by atoms with van der Waals surface area (Å²) in [6, 6.07) is 0. The number of hydrogen-bond acceptors (Lipinski definition) is 12. The van der Waals surface area contributed by atoms with Gasteiger partial charge in [-0.3, -0.25) is 0 Å². The minimum Gasteiger partial charge on any atom is 4.00 e. The van der Waals surface area contributed by atoms with Gasteiger partial charge < -0.3 is 0 Å². The van der Waals surface area contributed by atoms with E-state index in [1.165, 1.54) is 0 Å². The molecule has 0 radical (unpaired) electrons. The van der Waals surface area contributed by atoms with Crippen molar-refractivity contribution in [3.8, 4) is 0 Å². The molecule has 0 spiro atoms. The van der Waals surface area contributed by atoms with Crippen LogP contribution in [0.25, 0.3) is 0 Å². The second-order valence-corrected chi connectivity index (χ2v) is 7.32. The molecule has 0 aromatic carbocycles. The maximum atomic E-state index is 8.62. The molecular formula is O12Ta4Ti. The molecule has 0 rings (SSSR count). The molecule has 0 fully saturated rings. The van der Waals surface area contributed by atoms with Gasteiger partial charge in [-0.25, -0.2) is 0 Å². The average molecular weight is 964 g/mol. The van der Waals surface area contributed by atoms with E-state index >= 15 is 0 Å². The van der Waals surface area contributed by atoms with E-state index in [4.69, 9.17) is 40.5 Å². The first-order chi connectivity index (χ1) is 6.93. The number of rotatable bonds is 0. The van der Waals surface area contributed by atoms with E-state index in [0.717, 1.165) is 0 Å². The predicted octanol–water partition coefficient (Wildman–Crippen LogP) is -5.72. The summed E-state index contributed by atoms with van der Waals surface area (Å²) in [6.45, 7) is 0. The molecule has 0 aromatic heterocycles. The van der Waals surface area contributed by atoms with E-state index in [1.807, 2.05) is 0 Å². The van der Waals surface area contributed by atoms with Crippen LogP contribution in [0.4, 0.5) is 0 Å². The standard InChI is InChI=1S/12O.4Ta.Ti/q;;;;;;;;4*-1;;;;;+4. The minimum absolute atomic E-state index is 0. The largest absolute Gasteiger partial charge is 4.00 e. The zero-order chi connectivity index (χ0) is 14.3. The Kier molecular flexibility index (Phi) is 48.8. The molecule has 0 saturated heterocycles. The summed E-state index contributed by atoms with van der Waals surface area (Å²) in [5.74, 6) is 0. The van der Waals surface area contributed by atoms with Gasteiger partial charge in [0.15, 0.2) is 0 Å². The molecule has 17 heteroatoms. The minimum atomic E-state index is -4.34. The van der Waals surface area contributed by atoms with Gasteiger partial charge in [0.1, 0.15) is 0 Å². The Bertz CT molecular complexity index is 292. The fourth-order valence-electron chi connectivity index (χ4n) is 0. The van der Waals surface area contributed by atoms with Gasteiger partial charge in [0.2, 0.25) is 0 Å². The fourth-order valence-corrected chi connectivity index (χ4v) is 0. The van der Waals surface area contributed by atoms with Crippen molar-refractivity contribution in [1.29, 1.82) is 0 Å². The summed E-state index contributed by atoms with van der Waals surface area (Å²) in [6.07, 6.45) is 0. The zero-order valence-electron chi connectivity index (χ0n) is 7.19. The van der Waals surface area contributed by atoms with Crippen molar-refractivity contribution in [3.05, 3.63) is 0 Å². The van der Waals surface area contributed by atoms with E-state index < -0.39 is 75.1 Å². The summed E-state index contributed by atoms with van der Waals surface area (Å²) < 4.78 is 103. The van der Waals surface area contributed by atoms with Crippen molar-refractivity contribution >= 4 is 0 Å². The zero-order valence-corrected chi connectivity index (χ0v) is 21.6. The Hall–Kier alpha value is 1.92. The molecule has 0 bridgehead atoms. The van der Waals surface area contributed by atoms with Crippen LogP contribution in [-0.4, -0.2) is 0 Å². The van der Waals surface area contributed by atoms with E-state index in [-0.39, 0.29) is 21.7 Å². The Morgan fingerprint density at radius 1 is 0.412 bits per heavy atom. The van der Waals surface area contributed by atoms with Crippen LogP contribution in [0.5, 0.6) is 0 Å². The van der Waals surface area contributed by atoms with Crippen LogP contribution < -0.4 is 14.5 Å². The Balaban J connectivity index is -0.0000000369. The molecule has 0 saturated carbocycles. The van der Waals surface area contributed by atoms with Gasteiger partial charge in [0, 0.05) is 0 Å². The van der Waals surface area contributed by atoms with Crippen molar-refractivity contribution in [1.82, 2.24) is 0 Å². The van der Waals surface area contributed by atoms with E-state index in [1.54, 1.807) is 0 Å². The van der Waals surface area contributed by atoms with Gasteiger partial charge in [-0.15, -0.1) is 0 Å². The maximum absolute atomic E-state index is 8.62. The van der Waals surface area contributed by atoms with E-state index in [9.17, 15) is 0 Å². The van der Waals surface area contributed by atoms with Crippen LogP contribution in [-0.2, 0) is 123 Å². The molecule has 12 nitrogen and oxygen atoms in total. The molecule has 0 atom stereocenters. The Labute approximate surface area is 135 Å². The SMILES string of the molecule is [O]=[Ta](=[O])[O-].[O]=[Ta](=[O])[O-].[O]=[Ta](=[O])[O-].[O]=[Ta](=[O])[O-].[Ti+4]. The third kappa shape index (κ3) is 1240. The van der Waals surface area contributed by atoms with E-state index in [2.05, 4.69) is 0 Å². The van der Waals surface area contributed by atoms with Crippen molar-refractivity contribution in [2.75, 3.05) is 0 Å². The van der Waals surface area contributed by atoms with Gasteiger partial charge >= 0.3 is 137 Å². The van der Waals surface area contributed by atoms with Gasteiger partial charge in [-0.05, 0) is 0 Å². The van der Waals surface area contributed by atoms with Crippen molar-refractivity contribution in [3.63, 3.8) is 0 Å². The van der Waals surface area contributed by atoms with Crippen LogP contribution >= 0.6 is 0 Å². The first-order valence-electron chi connectivity index (χ1n) is 2.19. The normalized spacial score (nSPS) is 5.88.